The van der Waals surface area contributed by atoms with Crippen LogP contribution in [0.25, 0.3) is 0 Å². The fraction of sp³-hybridized carbons (Fsp3) is 0.533. The Morgan fingerprint density at radius 3 is 2.53 bits per heavy atom. The molecule has 3 nitrogen and oxygen atoms in total. The Hall–Kier alpha value is -1.29. The van der Waals surface area contributed by atoms with E-state index in [2.05, 4.69) is 10.6 Å². The second kappa shape index (κ2) is 7.34. The first-order valence-electron chi connectivity index (χ1n) is 7.08. The fourth-order valence-corrected chi connectivity index (χ4v) is 2.69. The van der Waals surface area contributed by atoms with Gasteiger partial charge in [-0.25, -0.2) is 0 Å². The van der Waals surface area contributed by atoms with Gasteiger partial charge in [0.05, 0.1) is 6.61 Å². The molecule has 1 aliphatic carbocycles. The molecule has 4 heteroatoms. The molecule has 104 valence electrons. The summed E-state index contributed by atoms with van der Waals surface area (Å²) < 4.78 is 5.41. The van der Waals surface area contributed by atoms with Crippen molar-refractivity contribution in [2.75, 3.05) is 11.9 Å². The monoisotopic (exact) mass is 278 g/mol. The maximum absolute atomic E-state index is 5.41. The fourth-order valence-electron chi connectivity index (χ4n) is 2.40. The standard InChI is InChI=1S/C15H22N2OS/c1-2-18-14-10-8-13(9-11-14)17-15(19)16-12-6-4-3-5-7-12/h8-12H,2-7H2,1H3,(H2,16,17,19). The maximum atomic E-state index is 5.41. The molecule has 1 saturated carbocycles. The van der Waals surface area contributed by atoms with Gasteiger partial charge in [-0.2, -0.15) is 0 Å². The molecule has 0 amide bonds. The molecule has 0 aliphatic heterocycles. The molecule has 1 aromatic carbocycles. The Morgan fingerprint density at radius 1 is 1.21 bits per heavy atom. The highest BCUT2D eigenvalue weighted by molar-refractivity contribution is 7.80. The summed E-state index contributed by atoms with van der Waals surface area (Å²) in [6, 6.07) is 8.42. The third kappa shape index (κ3) is 4.71. The van der Waals surface area contributed by atoms with Crippen LogP contribution in [0.1, 0.15) is 39.0 Å². The lowest BCUT2D eigenvalue weighted by Crippen LogP contribution is -2.38. The van der Waals surface area contributed by atoms with E-state index in [4.69, 9.17) is 17.0 Å². The third-order valence-corrected chi connectivity index (χ3v) is 3.58. The van der Waals surface area contributed by atoms with E-state index < -0.39 is 0 Å². The van der Waals surface area contributed by atoms with Gasteiger partial charge in [0.2, 0.25) is 0 Å². The molecule has 0 spiro atoms. The lowest BCUT2D eigenvalue weighted by atomic mass is 9.96. The van der Waals surface area contributed by atoms with Crippen LogP contribution in [-0.2, 0) is 0 Å². The van der Waals surface area contributed by atoms with Crippen molar-refractivity contribution in [3.05, 3.63) is 24.3 Å². The summed E-state index contributed by atoms with van der Waals surface area (Å²) in [5.41, 5.74) is 0.997. The van der Waals surface area contributed by atoms with Gasteiger partial charge in [-0.1, -0.05) is 19.3 Å². The number of anilines is 1. The summed E-state index contributed by atoms with van der Waals surface area (Å²) in [6.07, 6.45) is 6.43. The van der Waals surface area contributed by atoms with E-state index >= 15 is 0 Å². The molecule has 0 saturated heterocycles. The van der Waals surface area contributed by atoms with Crippen LogP contribution >= 0.6 is 12.2 Å². The highest BCUT2D eigenvalue weighted by Crippen LogP contribution is 2.18. The van der Waals surface area contributed by atoms with Crippen molar-refractivity contribution in [2.45, 2.75) is 45.1 Å². The third-order valence-electron chi connectivity index (χ3n) is 3.36. The number of thiocarbonyl (C=S) groups is 1. The number of hydrogen-bond donors (Lipinski definition) is 2. The molecule has 0 bridgehead atoms. The van der Waals surface area contributed by atoms with Crippen LogP contribution in [0, 0.1) is 0 Å². The second-order valence-corrected chi connectivity index (χ2v) is 5.30. The van der Waals surface area contributed by atoms with Gasteiger partial charge in [0, 0.05) is 11.7 Å². The molecule has 19 heavy (non-hydrogen) atoms. The first-order valence-corrected chi connectivity index (χ1v) is 7.49. The lowest BCUT2D eigenvalue weighted by molar-refractivity contribution is 0.340. The predicted octanol–water partition coefficient (Wildman–Crippen LogP) is 3.70. The molecule has 1 fully saturated rings. The van der Waals surface area contributed by atoms with Crippen molar-refractivity contribution in [3.8, 4) is 5.75 Å². The lowest BCUT2D eigenvalue weighted by Gasteiger charge is -2.24. The van der Waals surface area contributed by atoms with Crippen LogP contribution in [0.4, 0.5) is 5.69 Å². The van der Waals surface area contributed by atoms with Crippen LogP contribution in [0.5, 0.6) is 5.75 Å². The Balaban J connectivity index is 1.80. The summed E-state index contributed by atoms with van der Waals surface area (Å²) in [6.45, 7) is 2.67. The molecule has 2 N–H and O–H groups in total. The van der Waals surface area contributed by atoms with Crippen molar-refractivity contribution in [2.24, 2.45) is 0 Å². The Morgan fingerprint density at radius 2 is 1.89 bits per heavy atom. The number of hydrogen-bond acceptors (Lipinski definition) is 2. The van der Waals surface area contributed by atoms with Crippen molar-refractivity contribution >= 4 is 23.0 Å². The first-order chi connectivity index (χ1) is 9.28. The van der Waals surface area contributed by atoms with Crippen molar-refractivity contribution in [1.29, 1.82) is 0 Å². The number of nitrogens with one attached hydrogen (secondary N) is 2. The van der Waals surface area contributed by atoms with Crippen LogP contribution < -0.4 is 15.4 Å². The molecular weight excluding hydrogens is 256 g/mol. The average molecular weight is 278 g/mol. The highest BCUT2D eigenvalue weighted by Gasteiger charge is 2.13. The minimum absolute atomic E-state index is 0.538. The van der Waals surface area contributed by atoms with Gasteiger partial charge in [-0.15, -0.1) is 0 Å². The highest BCUT2D eigenvalue weighted by atomic mass is 32.1. The van der Waals surface area contributed by atoms with Crippen LogP contribution in [0.2, 0.25) is 0 Å². The zero-order valence-electron chi connectivity index (χ0n) is 11.4. The summed E-state index contributed by atoms with van der Waals surface area (Å²) in [5.74, 6) is 0.888. The minimum atomic E-state index is 0.538. The topological polar surface area (TPSA) is 33.3 Å². The zero-order chi connectivity index (χ0) is 13.5. The maximum Gasteiger partial charge on any atom is 0.170 e. The van der Waals surface area contributed by atoms with Gasteiger partial charge < -0.3 is 15.4 Å². The van der Waals surface area contributed by atoms with Gasteiger partial charge in [0.15, 0.2) is 5.11 Å². The molecule has 0 radical (unpaired) electrons. The molecule has 2 rings (SSSR count). The minimum Gasteiger partial charge on any atom is -0.494 e. The summed E-state index contributed by atoms with van der Waals surface area (Å²) in [5, 5.41) is 7.34. The van der Waals surface area contributed by atoms with E-state index in [0.717, 1.165) is 16.5 Å². The van der Waals surface area contributed by atoms with Crippen LogP contribution in [0.15, 0.2) is 24.3 Å². The normalized spacial score (nSPS) is 15.8. The molecule has 1 aliphatic rings. The zero-order valence-corrected chi connectivity index (χ0v) is 12.3. The largest absolute Gasteiger partial charge is 0.494 e. The SMILES string of the molecule is CCOc1ccc(NC(=S)NC2CCCCC2)cc1. The van der Waals surface area contributed by atoms with Crippen molar-refractivity contribution in [1.82, 2.24) is 5.32 Å². The number of ether oxygens (including phenoxy) is 1. The Labute approximate surface area is 120 Å². The molecule has 0 unspecified atom stereocenters. The van der Waals surface area contributed by atoms with E-state index in [1.165, 1.54) is 32.1 Å². The molecule has 0 heterocycles. The molecule has 0 atom stereocenters. The van der Waals surface area contributed by atoms with Crippen LogP contribution in [-0.4, -0.2) is 17.8 Å². The predicted molar refractivity (Wildman–Crippen MR) is 83.8 cm³/mol. The van der Waals surface area contributed by atoms with E-state index in [1.807, 2.05) is 31.2 Å². The van der Waals surface area contributed by atoms with Gasteiger partial charge >= 0.3 is 0 Å². The first kappa shape index (κ1) is 14.1. The van der Waals surface area contributed by atoms with Gasteiger partial charge in [-0.05, 0) is 56.2 Å². The number of benzene rings is 1. The van der Waals surface area contributed by atoms with E-state index in [0.29, 0.717) is 12.6 Å². The van der Waals surface area contributed by atoms with Crippen molar-refractivity contribution in [3.63, 3.8) is 0 Å². The quantitative estimate of drug-likeness (QED) is 0.823. The average Bonchev–Trinajstić information content (AvgIpc) is 2.42. The Bertz CT molecular complexity index is 399. The molecule has 1 aromatic rings. The van der Waals surface area contributed by atoms with Crippen LogP contribution in [0.3, 0.4) is 0 Å². The summed E-state index contributed by atoms with van der Waals surface area (Å²) in [4.78, 5) is 0. The second-order valence-electron chi connectivity index (χ2n) is 4.89. The Kier molecular flexibility index (Phi) is 5.45. The van der Waals surface area contributed by atoms with Gasteiger partial charge in [0.1, 0.15) is 5.75 Å². The summed E-state index contributed by atoms with van der Waals surface area (Å²) in [7, 11) is 0. The van der Waals surface area contributed by atoms with Gasteiger partial charge in [0.25, 0.3) is 0 Å². The summed E-state index contributed by atoms with van der Waals surface area (Å²) >= 11 is 5.35. The molecular formula is C15H22N2OS. The van der Waals surface area contributed by atoms with Gasteiger partial charge in [-0.3, -0.25) is 0 Å². The molecule has 0 aromatic heterocycles. The van der Waals surface area contributed by atoms with E-state index in [1.54, 1.807) is 0 Å². The van der Waals surface area contributed by atoms with E-state index in [9.17, 15) is 0 Å². The van der Waals surface area contributed by atoms with E-state index in [-0.39, 0.29) is 0 Å². The number of rotatable bonds is 4. The van der Waals surface area contributed by atoms with Crippen molar-refractivity contribution < 1.29 is 4.74 Å². The smallest absolute Gasteiger partial charge is 0.170 e.